The Labute approximate surface area is 86.1 Å². The molecule has 0 heterocycles. The van der Waals surface area contributed by atoms with E-state index in [4.69, 9.17) is 0 Å². The van der Waals surface area contributed by atoms with E-state index in [0.717, 1.165) is 5.57 Å². The van der Waals surface area contributed by atoms with Crippen LogP contribution >= 0.6 is 15.9 Å². The van der Waals surface area contributed by atoms with E-state index < -0.39 is 4.45 Å². The van der Waals surface area contributed by atoms with E-state index in [1.807, 2.05) is 13.0 Å². The average molecular weight is 246 g/mol. The molecule has 0 saturated heterocycles. The van der Waals surface area contributed by atoms with Crippen molar-refractivity contribution in [1.82, 2.24) is 0 Å². The number of hydrogen-bond acceptors (Lipinski definition) is 2. The molecule has 1 atom stereocenters. The van der Waals surface area contributed by atoms with E-state index in [-0.39, 0.29) is 4.92 Å². The maximum absolute atomic E-state index is 10.5. The van der Waals surface area contributed by atoms with Crippen LogP contribution < -0.4 is 0 Å². The molecule has 0 aromatic rings. The molecule has 1 aliphatic carbocycles. The summed E-state index contributed by atoms with van der Waals surface area (Å²) < 4.78 is -1.06. The first-order valence-corrected chi connectivity index (χ1v) is 4.53. The molecule has 1 rings (SSSR count). The molecular weight excluding hydrogens is 234 g/mol. The van der Waals surface area contributed by atoms with Gasteiger partial charge in [0, 0.05) is 26.9 Å². The fourth-order valence-corrected chi connectivity index (χ4v) is 1.13. The van der Waals surface area contributed by atoms with Crippen LogP contribution in [0.4, 0.5) is 0 Å². The Morgan fingerprint density at radius 1 is 1.69 bits per heavy atom. The number of allylic oxidation sites excluding steroid dienone is 2. The van der Waals surface area contributed by atoms with Gasteiger partial charge in [0.25, 0.3) is 4.45 Å². The number of alkyl halides is 1. The highest BCUT2D eigenvalue weighted by molar-refractivity contribution is 9.10. The Morgan fingerprint density at radius 3 is 2.54 bits per heavy atom. The number of nitro groups is 1. The van der Waals surface area contributed by atoms with Crippen LogP contribution in [0.1, 0.15) is 13.3 Å². The van der Waals surface area contributed by atoms with E-state index in [9.17, 15) is 10.1 Å². The first-order chi connectivity index (χ1) is 6.04. The lowest BCUT2D eigenvalue weighted by Crippen LogP contribution is -2.29. The van der Waals surface area contributed by atoms with Crippen LogP contribution in [0.2, 0.25) is 0 Å². The second-order valence-electron chi connectivity index (χ2n) is 2.56. The van der Waals surface area contributed by atoms with Crippen LogP contribution in [-0.4, -0.2) is 9.37 Å². The van der Waals surface area contributed by atoms with Crippen molar-refractivity contribution in [2.24, 2.45) is 0 Å². The van der Waals surface area contributed by atoms with Gasteiger partial charge in [0.1, 0.15) is 0 Å². The summed E-state index contributed by atoms with van der Waals surface area (Å²) in [5, 5.41) is 10.5. The summed E-state index contributed by atoms with van der Waals surface area (Å²) >= 11 is 3.06. The van der Waals surface area contributed by atoms with Gasteiger partial charge in [-0.3, -0.25) is 10.1 Å². The van der Waals surface area contributed by atoms with E-state index >= 15 is 0 Å². The maximum Gasteiger partial charge on any atom is 0.296 e. The molecule has 0 saturated carbocycles. The number of nitrogens with zero attached hydrogens (tertiary/aromatic N) is 1. The van der Waals surface area contributed by atoms with E-state index in [1.54, 1.807) is 12.2 Å². The van der Waals surface area contributed by atoms with Gasteiger partial charge in [-0.2, -0.15) is 0 Å². The van der Waals surface area contributed by atoms with Crippen molar-refractivity contribution in [1.29, 1.82) is 0 Å². The minimum atomic E-state index is -1.06. The summed E-state index contributed by atoms with van der Waals surface area (Å²) in [6.07, 6.45) is 5.59. The highest BCUT2D eigenvalue weighted by Crippen LogP contribution is 2.29. The minimum absolute atomic E-state index is 0.327. The quantitative estimate of drug-likeness (QED) is 0.234. The standard InChI is InChI=1S/C7H8BrNO2.C2H4/c1-6-2-4-7(8,5-3-6)9(10)11;1-2/h2-4H,5H2,1H3;1-2H2. The van der Waals surface area contributed by atoms with Crippen molar-refractivity contribution >= 4 is 15.9 Å². The molecule has 13 heavy (non-hydrogen) atoms. The van der Waals surface area contributed by atoms with Crippen molar-refractivity contribution in [3.8, 4) is 0 Å². The van der Waals surface area contributed by atoms with Gasteiger partial charge in [0.15, 0.2) is 0 Å². The molecule has 3 nitrogen and oxygen atoms in total. The van der Waals surface area contributed by atoms with Crippen molar-refractivity contribution < 1.29 is 4.92 Å². The van der Waals surface area contributed by atoms with Gasteiger partial charge in [0.2, 0.25) is 0 Å². The molecule has 0 amide bonds. The second-order valence-corrected chi connectivity index (χ2v) is 3.93. The molecule has 4 heteroatoms. The third kappa shape index (κ3) is 3.14. The Bertz CT molecular complexity index is 260. The van der Waals surface area contributed by atoms with E-state index in [2.05, 4.69) is 29.1 Å². The fraction of sp³-hybridized carbons (Fsp3) is 0.333. The lowest BCUT2D eigenvalue weighted by atomic mass is 10.1. The Balaban J connectivity index is 0.000000671. The zero-order valence-corrected chi connectivity index (χ0v) is 9.08. The zero-order chi connectivity index (χ0) is 10.5. The van der Waals surface area contributed by atoms with E-state index in [1.165, 1.54) is 0 Å². The Morgan fingerprint density at radius 2 is 2.23 bits per heavy atom. The highest BCUT2D eigenvalue weighted by Gasteiger charge is 2.36. The van der Waals surface area contributed by atoms with Gasteiger partial charge < -0.3 is 0 Å². The largest absolute Gasteiger partial charge is 0.296 e. The van der Waals surface area contributed by atoms with Crippen molar-refractivity contribution in [3.63, 3.8) is 0 Å². The van der Waals surface area contributed by atoms with Crippen LogP contribution in [0, 0.1) is 10.1 Å². The molecule has 0 aromatic heterocycles. The summed E-state index contributed by atoms with van der Waals surface area (Å²) in [4.78, 5) is 10.1. The fourth-order valence-electron chi connectivity index (χ4n) is 0.835. The summed E-state index contributed by atoms with van der Waals surface area (Å²) in [6.45, 7) is 7.92. The molecule has 0 bridgehead atoms. The molecular formula is C9H12BrNO2. The van der Waals surface area contributed by atoms with Crippen LogP contribution in [0.15, 0.2) is 37.0 Å². The maximum atomic E-state index is 10.5. The molecule has 0 aromatic carbocycles. The van der Waals surface area contributed by atoms with Gasteiger partial charge in [-0.15, -0.1) is 13.2 Å². The summed E-state index contributed by atoms with van der Waals surface area (Å²) in [7, 11) is 0. The zero-order valence-electron chi connectivity index (χ0n) is 7.50. The minimum Gasteiger partial charge on any atom is -0.263 e. The third-order valence-corrected chi connectivity index (χ3v) is 2.49. The SMILES string of the molecule is C=C.CC1=CCC(Br)([N+](=O)[O-])C=C1. The molecule has 0 aliphatic heterocycles. The number of hydrogen-bond donors (Lipinski definition) is 0. The second kappa shape index (κ2) is 4.97. The summed E-state index contributed by atoms with van der Waals surface area (Å²) in [5.74, 6) is 0. The number of halogens is 1. The Kier molecular flexibility index (Phi) is 4.62. The van der Waals surface area contributed by atoms with Crippen molar-refractivity contribution in [2.45, 2.75) is 17.8 Å². The molecule has 1 aliphatic rings. The lowest BCUT2D eigenvalue weighted by molar-refractivity contribution is -0.521. The molecule has 1 unspecified atom stereocenters. The van der Waals surface area contributed by atoms with Gasteiger partial charge >= 0.3 is 0 Å². The van der Waals surface area contributed by atoms with Crippen LogP contribution in [0.3, 0.4) is 0 Å². The van der Waals surface area contributed by atoms with Crippen LogP contribution in [0.5, 0.6) is 0 Å². The first kappa shape index (κ1) is 12.1. The van der Waals surface area contributed by atoms with E-state index in [0.29, 0.717) is 6.42 Å². The normalized spacial score (nSPS) is 25.5. The van der Waals surface area contributed by atoms with Crippen molar-refractivity contribution in [2.75, 3.05) is 0 Å². The molecule has 0 radical (unpaired) electrons. The van der Waals surface area contributed by atoms with Crippen LogP contribution in [-0.2, 0) is 0 Å². The van der Waals surface area contributed by atoms with Gasteiger partial charge in [0.05, 0.1) is 6.42 Å². The molecule has 72 valence electrons. The van der Waals surface area contributed by atoms with Crippen molar-refractivity contribution in [3.05, 3.63) is 47.1 Å². The predicted octanol–water partition coefficient (Wildman–Crippen LogP) is 3.06. The Hall–Kier alpha value is -0.900. The molecule has 0 spiro atoms. The topological polar surface area (TPSA) is 43.1 Å². The monoisotopic (exact) mass is 245 g/mol. The summed E-state index contributed by atoms with van der Waals surface area (Å²) in [6, 6.07) is 0. The predicted molar refractivity (Wildman–Crippen MR) is 57.4 cm³/mol. The highest BCUT2D eigenvalue weighted by atomic mass is 79.9. The average Bonchev–Trinajstić information content (AvgIpc) is 2.14. The van der Waals surface area contributed by atoms with Gasteiger partial charge in [-0.1, -0.05) is 17.7 Å². The third-order valence-electron chi connectivity index (χ3n) is 1.62. The first-order valence-electron chi connectivity index (χ1n) is 3.74. The van der Waals surface area contributed by atoms with Crippen LogP contribution in [0.25, 0.3) is 0 Å². The molecule has 0 N–H and O–H groups in total. The van der Waals surface area contributed by atoms with Gasteiger partial charge in [-0.25, -0.2) is 0 Å². The summed E-state index contributed by atoms with van der Waals surface area (Å²) in [5.41, 5.74) is 1.07. The lowest BCUT2D eigenvalue weighted by Gasteiger charge is -2.15. The number of rotatable bonds is 1. The molecule has 0 fully saturated rings. The smallest absolute Gasteiger partial charge is 0.263 e. The van der Waals surface area contributed by atoms with Gasteiger partial charge in [-0.05, 0) is 6.92 Å².